The highest BCUT2D eigenvalue weighted by atomic mass is 32.1. The fraction of sp³-hybridized carbons (Fsp3) is 0.250. The van der Waals surface area contributed by atoms with Crippen molar-refractivity contribution in [1.82, 2.24) is 14.9 Å². The summed E-state index contributed by atoms with van der Waals surface area (Å²) in [4.78, 5) is 16.8. The van der Waals surface area contributed by atoms with E-state index in [2.05, 4.69) is 10.3 Å². The number of carbonyl (C=O) groups is 1. The monoisotopic (exact) mass is 299 g/mol. The molecule has 2 heterocycles. The number of aryl methyl sites for hydroxylation is 1. The minimum absolute atomic E-state index is 0.0319. The lowest BCUT2D eigenvalue weighted by atomic mass is 10.2. The fourth-order valence-corrected chi connectivity index (χ4v) is 3.26. The van der Waals surface area contributed by atoms with E-state index in [1.807, 2.05) is 54.3 Å². The van der Waals surface area contributed by atoms with Crippen LogP contribution in [0.3, 0.4) is 0 Å². The lowest BCUT2D eigenvalue weighted by molar-refractivity contribution is 0.0927. The van der Waals surface area contributed by atoms with Crippen molar-refractivity contribution in [2.75, 3.05) is 0 Å². The predicted molar refractivity (Wildman–Crippen MR) is 85.5 cm³/mol. The summed E-state index contributed by atoms with van der Waals surface area (Å²) in [6.07, 6.45) is 2.59. The Labute approximate surface area is 127 Å². The summed E-state index contributed by atoms with van der Waals surface area (Å²) in [6.45, 7) is 2.05. The minimum atomic E-state index is -0.0595. The molecule has 1 atom stereocenters. The average Bonchev–Trinajstić information content (AvgIpc) is 3.13. The quantitative estimate of drug-likeness (QED) is 0.801. The molecule has 21 heavy (non-hydrogen) atoms. The number of amides is 1. The van der Waals surface area contributed by atoms with Gasteiger partial charge in [-0.25, -0.2) is 4.98 Å². The van der Waals surface area contributed by atoms with E-state index in [1.165, 1.54) is 0 Å². The number of hydrogen-bond donors (Lipinski definition) is 1. The Morgan fingerprint density at radius 2 is 2.24 bits per heavy atom. The summed E-state index contributed by atoms with van der Waals surface area (Å²) in [5.41, 5.74) is 1.73. The minimum Gasteiger partial charge on any atom is -0.342 e. The van der Waals surface area contributed by atoms with Gasteiger partial charge in [-0.2, -0.15) is 0 Å². The van der Waals surface area contributed by atoms with E-state index < -0.39 is 0 Å². The number of hydrogen-bond acceptors (Lipinski definition) is 3. The summed E-state index contributed by atoms with van der Waals surface area (Å²) >= 11 is 1.57. The van der Waals surface area contributed by atoms with Gasteiger partial charge in [0.1, 0.15) is 10.7 Å². The molecule has 0 fully saturated rings. The van der Waals surface area contributed by atoms with Gasteiger partial charge in [0.15, 0.2) is 0 Å². The number of thiazole rings is 1. The molecular weight excluding hydrogens is 282 g/mol. The maximum Gasteiger partial charge on any atom is 0.268 e. The molecule has 0 aliphatic heterocycles. The lowest BCUT2D eigenvalue weighted by Crippen LogP contribution is -2.29. The van der Waals surface area contributed by atoms with Crippen molar-refractivity contribution in [3.63, 3.8) is 0 Å². The van der Waals surface area contributed by atoms with E-state index in [0.717, 1.165) is 22.3 Å². The van der Waals surface area contributed by atoms with E-state index in [4.69, 9.17) is 0 Å². The van der Waals surface area contributed by atoms with Crippen molar-refractivity contribution >= 4 is 28.1 Å². The standard InChI is InChI=1S/C16H17N3OS/c1-3-12(16-17-8-9-21-16)18-15(20)14-10-11-6-4-5-7-13(11)19(14)2/h4-10,12H,3H2,1-2H3,(H,18,20). The molecule has 108 valence electrons. The van der Waals surface area contributed by atoms with Crippen LogP contribution in [-0.2, 0) is 7.05 Å². The number of nitrogens with zero attached hydrogens (tertiary/aromatic N) is 2. The van der Waals surface area contributed by atoms with Crippen LogP contribution in [0, 0.1) is 0 Å². The molecule has 1 N–H and O–H groups in total. The van der Waals surface area contributed by atoms with Gasteiger partial charge < -0.3 is 9.88 Å². The zero-order valence-electron chi connectivity index (χ0n) is 12.0. The van der Waals surface area contributed by atoms with E-state index in [1.54, 1.807) is 17.5 Å². The first kappa shape index (κ1) is 13.8. The van der Waals surface area contributed by atoms with Gasteiger partial charge in [0.05, 0.1) is 6.04 Å². The second kappa shape index (κ2) is 5.69. The van der Waals surface area contributed by atoms with Crippen LogP contribution >= 0.6 is 11.3 Å². The summed E-state index contributed by atoms with van der Waals surface area (Å²) in [6, 6.07) is 9.90. The third-order valence-corrected chi connectivity index (χ3v) is 4.54. The van der Waals surface area contributed by atoms with Crippen LogP contribution in [0.2, 0.25) is 0 Å². The Balaban J connectivity index is 1.88. The predicted octanol–water partition coefficient (Wildman–Crippen LogP) is 3.52. The van der Waals surface area contributed by atoms with Crippen LogP contribution in [0.4, 0.5) is 0 Å². The number of carbonyl (C=O) groups excluding carboxylic acids is 1. The van der Waals surface area contributed by atoms with E-state index in [-0.39, 0.29) is 11.9 Å². The molecule has 0 saturated heterocycles. The number of fused-ring (bicyclic) bond motifs is 1. The molecule has 3 aromatic rings. The normalized spacial score (nSPS) is 12.5. The van der Waals surface area contributed by atoms with E-state index in [0.29, 0.717) is 5.69 Å². The molecule has 1 aromatic carbocycles. The molecule has 4 nitrogen and oxygen atoms in total. The molecule has 1 unspecified atom stereocenters. The van der Waals surface area contributed by atoms with Gasteiger partial charge in [0.25, 0.3) is 5.91 Å². The molecule has 0 saturated carbocycles. The molecule has 0 aliphatic rings. The molecule has 0 aliphatic carbocycles. The SMILES string of the molecule is CCC(NC(=O)c1cc2ccccc2n1C)c1nccs1. The van der Waals surface area contributed by atoms with E-state index >= 15 is 0 Å². The maximum atomic E-state index is 12.5. The number of benzene rings is 1. The van der Waals surface area contributed by atoms with Crippen molar-refractivity contribution in [3.05, 3.63) is 52.6 Å². The summed E-state index contributed by atoms with van der Waals surface area (Å²) in [7, 11) is 1.92. The summed E-state index contributed by atoms with van der Waals surface area (Å²) in [5, 5.41) is 7.03. The van der Waals surface area contributed by atoms with Crippen LogP contribution in [0.25, 0.3) is 10.9 Å². The van der Waals surface area contributed by atoms with Gasteiger partial charge in [-0.1, -0.05) is 25.1 Å². The van der Waals surface area contributed by atoms with Gasteiger partial charge >= 0.3 is 0 Å². The Kier molecular flexibility index (Phi) is 3.75. The third kappa shape index (κ3) is 2.56. The Bertz CT molecular complexity index is 761. The smallest absolute Gasteiger partial charge is 0.268 e. The van der Waals surface area contributed by atoms with Gasteiger partial charge in [0.2, 0.25) is 0 Å². The fourth-order valence-electron chi connectivity index (χ4n) is 2.48. The zero-order chi connectivity index (χ0) is 14.8. The highest BCUT2D eigenvalue weighted by Crippen LogP contribution is 2.22. The molecule has 3 rings (SSSR count). The highest BCUT2D eigenvalue weighted by molar-refractivity contribution is 7.09. The van der Waals surface area contributed by atoms with Crippen molar-refractivity contribution < 1.29 is 4.79 Å². The number of rotatable bonds is 4. The molecule has 0 radical (unpaired) electrons. The van der Waals surface area contributed by atoms with Crippen molar-refractivity contribution in [2.24, 2.45) is 7.05 Å². The largest absolute Gasteiger partial charge is 0.342 e. The third-order valence-electron chi connectivity index (χ3n) is 3.65. The van der Waals surface area contributed by atoms with Crippen LogP contribution in [0.1, 0.15) is 34.9 Å². The zero-order valence-corrected chi connectivity index (χ0v) is 12.9. The van der Waals surface area contributed by atoms with Gasteiger partial charge in [-0.15, -0.1) is 11.3 Å². The highest BCUT2D eigenvalue weighted by Gasteiger charge is 2.19. The Morgan fingerprint density at radius 3 is 2.90 bits per heavy atom. The molecule has 0 bridgehead atoms. The Morgan fingerprint density at radius 1 is 1.43 bits per heavy atom. The van der Waals surface area contributed by atoms with Crippen LogP contribution in [-0.4, -0.2) is 15.5 Å². The molecule has 5 heteroatoms. The van der Waals surface area contributed by atoms with Gasteiger partial charge in [0, 0.05) is 29.5 Å². The lowest BCUT2D eigenvalue weighted by Gasteiger charge is -2.14. The second-order valence-corrected chi connectivity index (χ2v) is 5.88. The van der Waals surface area contributed by atoms with Gasteiger partial charge in [-0.3, -0.25) is 4.79 Å². The average molecular weight is 299 g/mol. The molecular formula is C16H17N3OS. The molecule has 1 amide bonds. The second-order valence-electron chi connectivity index (χ2n) is 4.95. The van der Waals surface area contributed by atoms with Crippen molar-refractivity contribution in [3.8, 4) is 0 Å². The number of nitrogens with one attached hydrogen (secondary N) is 1. The van der Waals surface area contributed by atoms with Crippen molar-refractivity contribution in [2.45, 2.75) is 19.4 Å². The number of aromatic nitrogens is 2. The summed E-state index contributed by atoms with van der Waals surface area (Å²) in [5.74, 6) is -0.0595. The van der Waals surface area contributed by atoms with Crippen LogP contribution < -0.4 is 5.32 Å². The number of para-hydroxylation sites is 1. The Hall–Kier alpha value is -2.14. The molecule has 0 spiro atoms. The summed E-state index contributed by atoms with van der Waals surface area (Å²) < 4.78 is 1.93. The topological polar surface area (TPSA) is 46.9 Å². The van der Waals surface area contributed by atoms with Gasteiger partial charge in [-0.05, 0) is 18.6 Å². The maximum absolute atomic E-state index is 12.5. The first-order valence-corrected chi connectivity index (χ1v) is 7.83. The first-order valence-electron chi connectivity index (χ1n) is 6.95. The van der Waals surface area contributed by atoms with Crippen LogP contribution in [0.5, 0.6) is 0 Å². The van der Waals surface area contributed by atoms with E-state index in [9.17, 15) is 4.79 Å². The first-order chi connectivity index (χ1) is 10.2. The van der Waals surface area contributed by atoms with Crippen LogP contribution in [0.15, 0.2) is 41.9 Å². The van der Waals surface area contributed by atoms with Crippen molar-refractivity contribution in [1.29, 1.82) is 0 Å². The molecule has 2 aromatic heterocycles.